The predicted molar refractivity (Wildman–Crippen MR) is 85.1 cm³/mol. The average molecular weight is 315 g/mol. The Hall–Kier alpha value is -2.54. The summed E-state index contributed by atoms with van der Waals surface area (Å²) in [5, 5.41) is 2.80. The zero-order valence-electron chi connectivity index (χ0n) is 12.9. The number of carbonyl (C=O) groups excluding carboxylic acids is 1. The Labute approximate surface area is 134 Å². The molecule has 7 heteroatoms. The molecule has 1 fully saturated rings. The van der Waals surface area contributed by atoms with E-state index in [9.17, 15) is 9.18 Å². The zero-order chi connectivity index (χ0) is 16.2. The molecular weight excluding hydrogens is 297 g/mol. The van der Waals surface area contributed by atoms with Crippen molar-refractivity contribution in [1.82, 2.24) is 19.8 Å². The van der Waals surface area contributed by atoms with Crippen molar-refractivity contribution >= 4 is 17.5 Å². The summed E-state index contributed by atoms with van der Waals surface area (Å²) in [4.78, 5) is 24.7. The predicted octanol–water partition coefficient (Wildman–Crippen LogP) is 1.75. The Morgan fingerprint density at radius 1 is 1.17 bits per heavy atom. The van der Waals surface area contributed by atoms with Gasteiger partial charge in [-0.15, -0.1) is 0 Å². The number of benzene rings is 1. The third kappa shape index (κ3) is 3.62. The van der Waals surface area contributed by atoms with Crippen LogP contribution >= 0.6 is 0 Å². The highest BCUT2D eigenvalue weighted by Gasteiger charge is 2.21. The lowest BCUT2D eigenvalue weighted by atomic mass is 10.3. The lowest BCUT2D eigenvalue weighted by Crippen LogP contribution is -2.47. The van der Waals surface area contributed by atoms with Crippen molar-refractivity contribution in [3.8, 4) is 0 Å². The van der Waals surface area contributed by atoms with E-state index in [1.165, 1.54) is 12.3 Å². The maximum Gasteiger partial charge on any atom is 0.272 e. The number of rotatable bonds is 3. The minimum Gasteiger partial charge on any atom is -0.335 e. The summed E-state index contributed by atoms with van der Waals surface area (Å²) in [6.07, 6.45) is 1.50. The maximum absolute atomic E-state index is 13.7. The van der Waals surface area contributed by atoms with Gasteiger partial charge in [0.2, 0.25) is 5.95 Å². The molecule has 1 amide bonds. The average Bonchev–Trinajstić information content (AvgIpc) is 2.57. The van der Waals surface area contributed by atoms with E-state index < -0.39 is 5.82 Å². The lowest BCUT2D eigenvalue weighted by molar-refractivity contribution is 0.0658. The van der Waals surface area contributed by atoms with E-state index in [1.807, 2.05) is 7.05 Å². The smallest absolute Gasteiger partial charge is 0.272 e. The monoisotopic (exact) mass is 315 g/mol. The molecule has 0 bridgehead atoms. The molecule has 0 spiro atoms. The number of hydrogen-bond donors (Lipinski definition) is 1. The highest BCUT2D eigenvalue weighted by atomic mass is 19.1. The van der Waals surface area contributed by atoms with Gasteiger partial charge in [-0.1, -0.05) is 12.1 Å². The van der Waals surface area contributed by atoms with Gasteiger partial charge in [0, 0.05) is 32.4 Å². The van der Waals surface area contributed by atoms with Crippen molar-refractivity contribution in [3.63, 3.8) is 0 Å². The fraction of sp³-hybridized carbons (Fsp3) is 0.312. The van der Waals surface area contributed by atoms with Crippen LogP contribution < -0.4 is 5.32 Å². The Kier molecular flexibility index (Phi) is 4.47. The number of carbonyl (C=O) groups is 1. The molecule has 0 unspecified atom stereocenters. The van der Waals surface area contributed by atoms with Crippen molar-refractivity contribution in [2.45, 2.75) is 0 Å². The molecular formula is C16H18FN5O. The van der Waals surface area contributed by atoms with Crippen molar-refractivity contribution in [2.24, 2.45) is 0 Å². The van der Waals surface area contributed by atoms with Crippen LogP contribution in [-0.4, -0.2) is 58.9 Å². The molecule has 0 radical (unpaired) electrons. The van der Waals surface area contributed by atoms with Crippen LogP contribution in [0.3, 0.4) is 0 Å². The van der Waals surface area contributed by atoms with Gasteiger partial charge in [-0.2, -0.15) is 0 Å². The van der Waals surface area contributed by atoms with E-state index in [0.29, 0.717) is 18.8 Å². The molecule has 1 aliphatic heterocycles. The van der Waals surface area contributed by atoms with Gasteiger partial charge < -0.3 is 15.1 Å². The number of amides is 1. The molecule has 2 heterocycles. The highest BCUT2D eigenvalue weighted by Crippen LogP contribution is 2.17. The van der Waals surface area contributed by atoms with Crippen molar-refractivity contribution < 1.29 is 9.18 Å². The summed E-state index contributed by atoms with van der Waals surface area (Å²) in [6.45, 7) is 3.04. The van der Waals surface area contributed by atoms with E-state index in [1.54, 1.807) is 29.2 Å². The fourth-order valence-electron chi connectivity index (χ4n) is 2.39. The second kappa shape index (κ2) is 6.70. The van der Waals surface area contributed by atoms with Crippen LogP contribution in [0.2, 0.25) is 0 Å². The topological polar surface area (TPSA) is 61.4 Å². The SMILES string of the molecule is CN1CCN(C(=O)c2ccnc(Nc3ccccc3F)n2)CC1. The summed E-state index contributed by atoms with van der Waals surface area (Å²) in [6, 6.07) is 7.84. The lowest BCUT2D eigenvalue weighted by Gasteiger charge is -2.32. The van der Waals surface area contributed by atoms with E-state index in [2.05, 4.69) is 20.2 Å². The van der Waals surface area contributed by atoms with Crippen LogP contribution in [0, 0.1) is 5.82 Å². The zero-order valence-corrected chi connectivity index (χ0v) is 12.9. The third-order valence-corrected chi connectivity index (χ3v) is 3.79. The van der Waals surface area contributed by atoms with Gasteiger partial charge in [-0.25, -0.2) is 14.4 Å². The van der Waals surface area contributed by atoms with Gasteiger partial charge in [0.25, 0.3) is 5.91 Å². The van der Waals surface area contributed by atoms with Crippen LogP contribution in [0.25, 0.3) is 0 Å². The first-order valence-corrected chi connectivity index (χ1v) is 7.46. The second-order valence-corrected chi connectivity index (χ2v) is 5.47. The van der Waals surface area contributed by atoms with Crippen LogP contribution in [-0.2, 0) is 0 Å². The number of nitrogens with zero attached hydrogens (tertiary/aromatic N) is 4. The van der Waals surface area contributed by atoms with E-state index in [0.717, 1.165) is 13.1 Å². The summed E-state index contributed by atoms with van der Waals surface area (Å²) in [7, 11) is 2.03. The minimum atomic E-state index is -0.396. The quantitative estimate of drug-likeness (QED) is 0.935. The van der Waals surface area contributed by atoms with E-state index in [-0.39, 0.29) is 17.5 Å². The molecule has 1 aliphatic rings. The Morgan fingerprint density at radius 3 is 2.65 bits per heavy atom. The normalized spacial score (nSPS) is 15.5. The Bertz CT molecular complexity index is 700. The molecule has 6 nitrogen and oxygen atoms in total. The first-order chi connectivity index (χ1) is 11.1. The molecule has 1 saturated heterocycles. The van der Waals surface area contributed by atoms with Gasteiger partial charge in [0.05, 0.1) is 5.69 Å². The van der Waals surface area contributed by atoms with Gasteiger partial charge in [-0.3, -0.25) is 4.79 Å². The van der Waals surface area contributed by atoms with Crippen molar-refractivity contribution in [3.05, 3.63) is 48.0 Å². The standard InChI is InChI=1S/C16H18FN5O/c1-21-8-10-22(11-9-21)15(23)14-6-7-18-16(20-14)19-13-5-3-2-4-12(13)17/h2-7H,8-11H2,1H3,(H,18,19,20). The first kappa shape index (κ1) is 15.4. The minimum absolute atomic E-state index is 0.128. The molecule has 1 aromatic carbocycles. The number of anilines is 2. The number of nitrogens with one attached hydrogen (secondary N) is 1. The number of likely N-dealkylation sites (N-methyl/N-ethyl adjacent to an activating group) is 1. The Morgan fingerprint density at radius 2 is 1.91 bits per heavy atom. The van der Waals surface area contributed by atoms with Crippen LogP contribution in [0.5, 0.6) is 0 Å². The van der Waals surface area contributed by atoms with Crippen molar-refractivity contribution in [2.75, 3.05) is 38.5 Å². The summed E-state index contributed by atoms with van der Waals surface area (Å²) >= 11 is 0. The highest BCUT2D eigenvalue weighted by molar-refractivity contribution is 5.92. The molecule has 0 saturated carbocycles. The second-order valence-electron chi connectivity index (χ2n) is 5.47. The van der Waals surface area contributed by atoms with Crippen LogP contribution in [0.4, 0.5) is 16.0 Å². The largest absolute Gasteiger partial charge is 0.335 e. The van der Waals surface area contributed by atoms with E-state index >= 15 is 0 Å². The maximum atomic E-state index is 13.7. The third-order valence-electron chi connectivity index (χ3n) is 3.79. The first-order valence-electron chi connectivity index (χ1n) is 7.46. The molecule has 2 aromatic rings. The number of hydrogen-bond acceptors (Lipinski definition) is 5. The summed E-state index contributed by atoms with van der Waals surface area (Å²) in [5.41, 5.74) is 0.583. The van der Waals surface area contributed by atoms with Crippen LogP contribution in [0.1, 0.15) is 10.5 Å². The Balaban J connectivity index is 1.75. The molecule has 0 atom stereocenters. The van der Waals surface area contributed by atoms with Gasteiger partial charge >= 0.3 is 0 Å². The molecule has 1 N–H and O–H groups in total. The molecule has 0 aliphatic carbocycles. The molecule has 1 aromatic heterocycles. The number of aromatic nitrogens is 2. The summed E-state index contributed by atoms with van der Waals surface area (Å²) in [5.74, 6) is -0.320. The van der Waals surface area contributed by atoms with Gasteiger partial charge in [0.1, 0.15) is 11.5 Å². The summed E-state index contributed by atoms with van der Waals surface area (Å²) < 4.78 is 13.7. The number of piperazine rings is 1. The van der Waals surface area contributed by atoms with Gasteiger partial charge in [0.15, 0.2) is 0 Å². The molecule has 3 rings (SSSR count). The fourth-order valence-corrected chi connectivity index (χ4v) is 2.39. The number of para-hydroxylation sites is 1. The van der Waals surface area contributed by atoms with Crippen LogP contribution in [0.15, 0.2) is 36.5 Å². The van der Waals surface area contributed by atoms with Gasteiger partial charge in [-0.05, 0) is 25.2 Å². The number of halogens is 1. The molecule has 120 valence electrons. The molecule has 23 heavy (non-hydrogen) atoms. The van der Waals surface area contributed by atoms with E-state index in [4.69, 9.17) is 0 Å². The van der Waals surface area contributed by atoms with Crippen molar-refractivity contribution in [1.29, 1.82) is 0 Å².